The van der Waals surface area contributed by atoms with Crippen molar-refractivity contribution >= 4 is 0 Å². The molecule has 1 rings (SSSR count). The van der Waals surface area contributed by atoms with E-state index in [1.165, 1.54) is 12.0 Å². The molecule has 0 unspecified atom stereocenters. The molecular formula is C13H22O. The second-order valence-corrected chi connectivity index (χ2v) is 3.41. The Morgan fingerprint density at radius 1 is 1.07 bits per heavy atom. The fourth-order valence-corrected chi connectivity index (χ4v) is 1.20. The maximum absolute atomic E-state index is 8.98. The van der Waals surface area contributed by atoms with E-state index in [0.717, 1.165) is 6.42 Å². The summed E-state index contributed by atoms with van der Waals surface area (Å²) in [4.78, 5) is 0. The van der Waals surface area contributed by atoms with Gasteiger partial charge in [-0.3, -0.25) is 0 Å². The first kappa shape index (κ1) is 13.2. The van der Waals surface area contributed by atoms with E-state index in [9.17, 15) is 0 Å². The lowest BCUT2D eigenvalue weighted by Gasteiger charge is -2.10. The zero-order valence-corrected chi connectivity index (χ0v) is 9.53. The fourth-order valence-electron chi connectivity index (χ4n) is 1.20. The Morgan fingerprint density at radius 3 is 1.93 bits per heavy atom. The predicted molar refractivity (Wildman–Crippen MR) is 62.5 cm³/mol. The second-order valence-electron chi connectivity index (χ2n) is 3.41. The third-order valence-electron chi connectivity index (χ3n) is 1.98. The van der Waals surface area contributed by atoms with Crippen LogP contribution < -0.4 is 0 Å². The summed E-state index contributed by atoms with van der Waals surface area (Å²) < 4.78 is 0. The van der Waals surface area contributed by atoms with Crippen molar-refractivity contribution in [2.45, 2.75) is 39.5 Å². The van der Waals surface area contributed by atoms with Crippen LogP contribution in [0.1, 0.15) is 45.1 Å². The monoisotopic (exact) mass is 194 g/mol. The highest BCUT2D eigenvalue weighted by Gasteiger charge is 2.05. The van der Waals surface area contributed by atoms with Crippen LogP contribution in [-0.2, 0) is 0 Å². The lowest BCUT2D eigenvalue weighted by Crippen LogP contribution is -2.01. The summed E-state index contributed by atoms with van der Waals surface area (Å²) in [6.45, 7) is 6.59. The number of aliphatic hydroxyl groups is 1. The minimum Gasteiger partial charge on any atom is -0.396 e. The summed E-state index contributed by atoms with van der Waals surface area (Å²) in [5.41, 5.74) is 1.23. The maximum Gasteiger partial charge on any atom is 0.0499 e. The smallest absolute Gasteiger partial charge is 0.0499 e. The van der Waals surface area contributed by atoms with Gasteiger partial charge in [-0.25, -0.2) is 0 Å². The summed E-state index contributed by atoms with van der Waals surface area (Å²) in [5, 5.41) is 8.98. The van der Waals surface area contributed by atoms with Crippen molar-refractivity contribution in [2.24, 2.45) is 0 Å². The first-order valence-corrected chi connectivity index (χ1v) is 5.45. The molecule has 1 aromatic rings. The molecule has 80 valence electrons. The predicted octanol–water partition coefficient (Wildman–Crippen LogP) is 3.59. The van der Waals surface area contributed by atoms with Gasteiger partial charge in [-0.1, -0.05) is 57.5 Å². The van der Waals surface area contributed by atoms with Crippen LogP contribution in [0.4, 0.5) is 0 Å². The molecule has 0 saturated heterocycles. The summed E-state index contributed by atoms with van der Waals surface area (Å²) in [6.07, 6.45) is 2.25. The second kappa shape index (κ2) is 8.76. The van der Waals surface area contributed by atoms with Gasteiger partial charge in [-0.2, -0.15) is 0 Å². The van der Waals surface area contributed by atoms with Crippen molar-refractivity contribution in [2.75, 3.05) is 6.61 Å². The molecule has 0 heterocycles. The summed E-state index contributed by atoms with van der Waals surface area (Å²) in [7, 11) is 0. The van der Waals surface area contributed by atoms with Crippen LogP contribution in [0.2, 0.25) is 0 Å². The normalized spacial score (nSPS) is 11.4. The third kappa shape index (κ3) is 5.03. The van der Waals surface area contributed by atoms with Crippen LogP contribution in [0.5, 0.6) is 0 Å². The van der Waals surface area contributed by atoms with E-state index >= 15 is 0 Å². The Labute approximate surface area is 87.8 Å². The highest BCUT2D eigenvalue weighted by molar-refractivity contribution is 5.19. The Morgan fingerprint density at radius 2 is 1.57 bits per heavy atom. The molecule has 1 N–H and O–H groups in total. The molecule has 0 aliphatic carbocycles. The van der Waals surface area contributed by atoms with Gasteiger partial charge >= 0.3 is 0 Å². The van der Waals surface area contributed by atoms with Crippen LogP contribution >= 0.6 is 0 Å². The molecule has 0 bridgehead atoms. The van der Waals surface area contributed by atoms with E-state index in [4.69, 9.17) is 5.11 Å². The zero-order valence-electron chi connectivity index (χ0n) is 9.53. The number of benzene rings is 1. The van der Waals surface area contributed by atoms with Gasteiger partial charge in [-0.15, -0.1) is 0 Å². The number of hydrogen-bond acceptors (Lipinski definition) is 1. The van der Waals surface area contributed by atoms with E-state index in [1.807, 2.05) is 18.2 Å². The highest BCUT2D eigenvalue weighted by atomic mass is 16.3. The number of rotatable bonds is 3. The Bertz CT molecular complexity index is 202. The minimum absolute atomic E-state index is 0.251. The van der Waals surface area contributed by atoms with Crippen LogP contribution in [0.15, 0.2) is 30.3 Å². The van der Waals surface area contributed by atoms with Gasteiger partial charge in [0.05, 0.1) is 0 Å². The van der Waals surface area contributed by atoms with E-state index in [0.29, 0.717) is 5.92 Å². The van der Waals surface area contributed by atoms with Crippen molar-refractivity contribution in [3.8, 4) is 0 Å². The molecule has 0 amide bonds. The average Bonchev–Trinajstić information content (AvgIpc) is 2.22. The van der Waals surface area contributed by atoms with Gasteiger partial charge < -0.3 is 5.11 Å². The van der Waals surface area contributed by atoms with E-state index < -0.39 is 0 Å². The van der Waals surface area contributed by atoms with Gasteiger partial charge in [0.15, 0.2) is 0 Å². The van der Waals surface area contributed by atoms with Gasteiger partial charge in [0.25, 0.3) is 0 Å². The molecule has 14 heavy (non-hydrogen) atoms. The molecule has 1 nitrogen and oxygen atoms in total. The average molecular weight is 194 g/mol. The molecule has 0 aliphatic rings. The van der Waals surface area contributed by atoms with Gasteiger partial charge in [0.2, 0.25) is 0 Å². The summed E-state index contributed by atoms with van der Waals surface area (Å²) in [5.74, 6) is 0.316. The Balaban J connectivity index is 0.000000500. The highest BCUT2D eigenvalue weighted by Crippen LogP contribution is 2.17. The standard InChI is InChI=1S/C10H14O.C3H8/c1-2-9(8-11)10-6-4-3-5-7-10;1-3-2/h3-7,9,11H,2,8H2,1H3;3H2,1-2H3/t9-;/m0./s1. The van der Waals surface area contributed by atoms with Crippen molar-refractivity contribution in [1.29, 1.82) is 0 Å². The van der Waals surface area contributed by atoms with Crippen LogP contribution in [0.25, 0.3) is 0 Å². The lowest BCUT2D eigenvalue weighted by molar-refractivity contribution is 0.262. The quantitative estimate of drug-likeness (QED) is 0.779. The molecule has 0 radical (unpaired) electrons. The van der Waals surface area contributed by atoms with E-state index in [-0.39, 0.29) is 6.61 Å². The topological polar surface area (TPSA) is 20.2 Å². The summed E-state index contributed by atoms with van der Waals surface area (Å²) >= 11 is 0. The molecule has 1 aromatic carbocycles. The SMILES string of the molecule is CCC.CC[C@@H](CO)c1ccccc1. The number of aliphatic hydroxyl groups excluding tert-OH is 1. The van der Waals surface area contributed by atoms with Crippen molar-refractivity contribution in [3.05, 3.63) is 35.9 Å². The van der Waals surface area contributed by atoms with Crippen molar-refractivity contribution < 1.29 is 5.11 Å². The van der Waals surface area contributed by atoms with E-state index in [1.54, 1.807) is 0 Å². The van der Waals surface area contributed by atoms with Crippen LogP contribution in [-0.4, -0.2) is 11.7 Å². The van der Waals surface area contributed by atoms with Crippen molar-refractivity contribution in [1.82, 2.24) is 0 Å². The summed E-state index contributed by atoms with van der Waals surface area (Å²) in [6, 6.07) is 10.1. The molecule has 0 aromatic heterocycles. The Hall–Kier alpha value is -0.820. The van der Waals surface area contributed by atoms with Gasteiger partial charge in [-0.05, 0) is 12.0 Å². The molecule has 0 saturated carbocycles. The molecule has 0 fully saturated rings. The van der Waals surface area contributed by atoms with Crippen molar-refractivity contribution in [3.63, 3.8) is 0 Å². The molecule has 1 heteroatoms. The molecule has 1 atom stereocenters. The van der Waals surface area contributed by atoms with Crippen LogP contribution in [0, 0.1) is 0 Å². The molecule has 0 spiro atoms. The Kier molecular flexibility index (Phi) is 8.25. The fraction of sp³-hybridized carbons (Fsp3) is 0.538. The maximum atomic E-state index is 8.98. The van der Waals surface area contributed by atoms with Gasteiger partial charge in [0, 0.05) is 12.5 Å². The number of hydrogen-bond donors (Lipinski definition) is 1. The lowest BCUT2D eigenvalue weighted by atomic mass is 9.98. The first-order chi connectivity index (χ1) is 6.79. The molecular weight excluding hydrogens is 172 g/mol. The van der Waals surface area contributed by atoms with Crippen LogP contribution in [0.3, 0.4) is 0 Å². The van der Waals surface area contributed by atoms with Gasteiger partial charge in [0.1, 0.15) is 0 Å². The third-order valence-corrected chi connectivity index (χ3v) is 1.98. The van der Waals surface area contributed by atoms with E-state index in [2.05, 4.69) is 32.9 Å². The zero-order chi connectivity index (χ0) is 10.8. The molecule has 0 aliphatic heterocycles. The largest absolute Gasteiger partial charge is 0.396 e. The first-order valence-electron chi connectivity index (χ1n) is 5.45. The minimum atomic E-state index is 0.251.